The molecule has 0 atom stereocenters. The van der Waals surface area contributed by atoms with Crippen LogP contribution in [0.25, 0.3) is 86.2 Å². The van der Waals surface area contributed by atoms with E-state index in [0.29, 0.717) is 0 Å². The molecule has 0 fully saturated rings. The molecule has 2 aliphatic rings. The molecule has 0 radical (unpaired) electrons. The van der Waals surface area contributed by atoms with Crippen molar-refractivity contribution in [2.24, 2.45) is 0 Å². The molecule has 310 valence electrons. The fourth-order valence-corrected chi connectivity index (χ4v) is 12.6. The first-order valence-corrected chi connectivity index (χ1v) is 23.5. The van der Waals surface area contributed by atoms with Gasteiger partial charge in [0.15, 0.2) is 0 Å². The van der Waals surface area contributed by atoms with Gasteiger partial charge in [0.1, 0.15) is 0 Å². The topological polar surface area (TPSA) is 6.48 Å². The Labute approximate surface area is 388 Å². The number of aryl methyl sites for hydroxylation is 2. The third-order valence-electron chi connectivity index (χ3n) is 15.4. The van der Waals surface area contributed by atoms with Crippen molar-refractivity contribution in [2.45, 2.75) is 13.8 Å². The first kappa shape index (κ1) is 36.9. The summed E-state index contributed by atoms with van der Waals surface area (Å²) in [6.45, 7) is 4.59. The predicted octanol–water partition coefficient (Wildman–Crippen LogP) is 15.6. The number of fused-ring (bicyclic) bond motifs is 20. The van der Waals surface area contributed by atoms with Crippen LogP contribution in [0.2, 0.25) is 0 Å². The van der Waals surface area contributed by atoms with Crippen molar-refractivity contribution in [1.82, 2.24) is 0 Å². The van der Waals surface area contributed by atoms with Gasteiger partial charge in [-0.3, -0.25) is 0 Å². The standard InChI is InChI=1S/C64H41BN2/c1-38-34-58-63(54-26-13-3-16-42(38)54)66(40-30-32-52-48-22-7-5-18-44(48)46-20-9-11-24-50(46)56(52)36-40)60-28-15-29-61-62(60)65(58)59-35-39(2)43-17-4-14-27-55(43)64(59)67(61)41-31-33-53-49-23-8-6-19-45(49)47-21-10-12-25-51(47)57(53)37-41/h3-37H,1-2H3. The summed E-state index contributed by atoms with van der Waals surface area (Å²) < 4.78 is 0. The molecule has 0 N–H and O–H groups in total. The highest BCUT2D eigenvalue weighted by Crippen LogP contribution is 2.50. The molecule has 67 heavy (non-hydrogen) atoms. The van der Waals surface area contributed by atoms with Gasteiger partial charge in [0.25, 0.3) is 6.71 Å². The van der Waals surface area contributed by atoms with E-state index in [4.69, 9.17) is 0 Å². The largest absolute Gasteiger partial charge is 0.311 e. The van der Waals surface area contributed by atoms with Gasteiger partial charge < -0.3 is 9.80 Å². The highest BCUT2D eigenvalue weighted by Gasteiger charge is 2.45. The Hall–Kier alpha value is -8.40. The number of hydrogen-bond donors (Lipinski definition) is 0. The Kier molecular flexibility index (Phi) is 7.47. The lowest BCUT2D eigenvalue weighted by atomic mass is 9.33. The third kappa shape index (κ3) is 4.95. The van der Waals surface area contributed by atoms with Gasteiger partial charge in [0.05, 0.1) is 0 Å². The lowest BCUT2D eigenvalue weighted by Gasteiger charge is -2.45. The molecule has 13 aromatic carbocycles. The van der Waals surface area contributed by atoms with Crippen LogP contribution >= 0.6 is 0 Å². The SMILES string of the molecule is Cc1cc2c(c3ccccc13)N(c1ccc3c4ccccc4c4ccccc4c3c1)c1cccc3c1B2c1cc(C)c2ccccc2c1N3c1ccc2c3ccccc3c3ccccc3c2c1. The molecule has 0 amide bonds. The molecule has 2 nitrogen and oxygen atoms in total. The minimum Gasteiger partial charge on any atom is -0.311 e. The zero-order valence-electron chi connectivity index (χ0n) is 37.2. The van der Waals surface area contributed by atoms with Crippen molar-refractivity contribution in [2.75, 3.05) is 9.80 Å². The first-order valence-electron chi connectivity index (χ1n) is 23.5. The van der Waals surface area contributed by atoms with E-state index in [1.165, 1.54) is 136 Å². The van der Waals surface area contributed by atoms with Gasteiger partial charge >= 0.3 is 0 Å². The van der Waals surface area contributed by atoms with Crippen LogP contribution in [-0.2, 0) is 0 Å². The summed E-state index contributed by atoms with van der Waals surface area (Å²) in [5, 5.41) is 20.5. The summed E-state index contributed by atoms with van der Waals surface area (Å²) in [7, 11) is 0. The molecule has 15 rings (SSSR count). The molecule has 3 heteroatoms. The fraction of sp³-hybridized carbons (Fsp3) is 0.0312. The molecule has 2 heterocycles. The Bertz CT molecular complexity index is 3990. The van der Waals surface area contributed by atoms with Gasteiger partial charge in [-0.15, -0.1) is 0 Å². The van der Waals surface area contributed by atoms with E-state index in [2.05, 4.69) is 236 Å². The minimum absolute atomic E-state index is 0.00854. The van der Waals surface area contributed by atoms with E-state index in [9.17, 15) is 0 Å². The molecular weight excluding hydrogens is 808 g/mol. The smallest absolute Gasteiger partial charge is 0.252 e. The molecule has 0 spiro atoms. The van der Waals surface area contributed by atoms with Crippen LogP contribution in [0.1, 0.15) is 11.1 Å². The van der Waals surface area contributed by atoms with E-state index < -0.39 is 0 Å². The normalized spacial score (nSPS) is 13.1. The van der Waals surface area contributed by atoms with Gasteiger partial charge in [-0.25, -0.2) is 0 Å². The highest BCUT2D eigenvalue weighted by atomic mass is 15.2. The third-order valence-corrected chi connectivity index (χ3v) is 15.4. The molecule has 0 aliphatic carbocycles. The molecule has 13 aromatic rings. The van der Waals surface area contributed by atoms with Crippen molar-refractivity contribution < 1.29 is 0 Å². The van der Waals surface area contributed by atoms with Gasteiger partial charge in [0, 0.05) is 44.9 Å². The molecule has 0 saturated carbocycles. The summed E-state index contributed by atoms with van der Waals surface area (Å²) in [5.41, 5.74) is 13.9. The van der Waals surface area contributed by atoms with E-state index >= 15 is 0 Å². The van der Waals surface area contributed by atoms with Crippen molar-refractivity contribution in [3.05, 3.63) is 223 Å². The Balaban J connectivity index is 1.07. The lowest BCUT2D eigenvalue weighted by molar-refractivity contribution is 1.27. The van der Waals surface area contributed by atoms with E-state index in [-0.39, 0.29) is 6.71 Å². The Morgan fingerprint density at radius 1 is 0.269 bits per heavy atom. The lowest BCUT2D eigenvalue weighted by Crippen LogP contribution is -2.61. The van der Waals surface area contributed by atoms with E-state index in [1.54, 1.807) is 0 Å². The van der Waals surface area contributed by atoms with Crippen LogP contribution in [0.5, 0.6) is 0 Å². The van der Waals surface area contributed by atoms with Crippen molar-refractivity contribution in [3.63, 3.8) is 0 Å². The molecule has 0 unspecified atom stereocenters. The number of hydrogen-bond acceptors (Lipinski definition) is 2. The maximum absolute atomic E-state index is 2.60. The van der Waals surface area contributed by atoms with E-state index in [1.807, 2.05) is 0 Å². The number of benzene rings is 13. The van der Waals surface area contributed by atoms with Gasteiger partial charge in [-0.2, -0.15) is 0 Å². The number of rotatable bonds is 2. The van der Waals surface area contributed by atoms with Crippen molar-refractivity contribution in [3.8, 4) is 0 Å². The monoisotopic (exact) mass is 848 g/mol. The van der Waals surface area contributed by atoms with E-state index in [0.717, 1.165) is 11.4 Å². The van der Waals surface area contributed by atoms with Crippen LogP contribution in [-0.4, -0.2) is 6.71 Å². The fourth-order valence-electron chi connectivity index (χ4n) is 12.6. The average molecular weight is 849 g/mol. The van der Waals surface area contributed by atoms with Crippen LogP contribution in [0.15, 0.2) is 212 Å². The first-order chi connectivity index (χ1) is 33.1. The highest BCUT2D eigenvalue weighted by molar-refractivity contribution is 7.00. The maximum atomic E-state index is 2.60. The quantitative estimate of drug-likeness (QED) is 0.126. The predicted molar refractivity (Wildman–Crippen MR) is 290 cm³/mol. The van der Waals surface area contributed by atoms with Crippen molar-refractivity contribution in [1.29, 1.82) is 0 Å². The number of nitrogens with zero attached hydrogens (tertiary/aromatic N) is 2. The zero-order chi connectivity index (χ0) is 44.1. The average Bonchev–Trinajstić information content (AvgIpc) is 3.39. The second-order valence-electron chi connectivity index (χ2n) is 18.8. The van der Waals surface area contributed by atoms with Crippen LogP contribution in [0.3, 0.4) is 0 Å². The molecule has 0 bridgehead atoms. The maximum Gasteiger partial charge on any atom is 0.252 e. The summed E-state index contributed by atoms with van der Waals surface area (Å²) in [6, 6.07) is 80.2. The molecular formula is C64H41BN2. The van der Waals surface area contributed by atoms with Crippen molar-refractivity contribution >= 4 is 143 Å². The zero-order valence-corrected chi connectivity index (χ0v) is 37.2. The second kappa shape index (κ2) is 13.6. The summed E-state index contributed by atoms with van der Waals surface area (Å²) in [4.78, 5) is 5.21. The molecule has 2 aliphatic heterocycles. The van der Waals surface area contributed by atoms with Crippen LogP contribution in [0.4, 0.5) is 34.1 Å². The van der Waals surface area contributed by atoms with Crippen LogP contribution in [0, 0.1) is 13.8 Å². The van der Waals surface area contributed by atoms with Gasteiger partial charge in [0.2, 0.25) is 0 Å². The van der Waals surface area contributed by atoms with Gasteiger partial charge in [-0.1, -0.05) is 176 Å². The van der Waals surface area contributed by atoms with Crippen LogP contribution < -0.4 is 26.2 Å². The second-order valence-corrected chi connectivity index (χ2v) is 18.8. The summed E-state index contributed by atoms with van der Waals surface area (Å²) in [5.74, 6) is 0. The number of anilines is 6. The Morgan fingerprint density at radius 2 is 0.567 bits per heavy atom. The molecule has 0 saturated heterocycles. The summed E-state index contributed by atoms with van der Waals surface area (Å²) >= 11 is 0. The summed E-state index contributed by atoms with van der Waals surface area (Å²) in [6.07, 6.45) is 0. The molecule has 0 aromatic heterocycles. The minimum atomic E-state index is -0.00854. The Morgan fingerprint density at radius 3 is 0.925 bits per heavy atom. The van der Waals surface area contributed by atoms with Gasteiger partial charge in [-0.05, 0) is 153 Å².